The van der Waals surface area contributed by atoms with E-state index in [1.165, 1.54) is 19.3 Å². The third-order valence-electron chi connectivity index (χ3n) is 4.72. The summed E-state index contributed by atoms with van der Waals surface area (Å²) in [7, 11) is 0. The number of benzene rings is 2. The lowest BCUT2D eigenvalue weighted by Gasteiger charge is -2.29. The van der Waals surface area contributed by atoms with Crippen molar-refractivity contribution in [2.75, 3.05) is 18.0 Å². The van der Waals surface area contributed by atoms with Crippen LogP contribution in [0, 0.1) is 0 Å². The summed E-state index contributed by atoms with van der Waals surface area (Å²) < 4.78 is 5.75. The Hall–Kier alpha value is -2.62. The van der Waals surface area contributed by atoms with Gasteiger partial charge in [0.15, 0.2) is 5.82 Å². The van der Waals surface area contributed by atoms with Gasteiger partial charge in [0, 0.05) is 24.0 Å². The summed E-state index contributed by atoms with van der Waals surface area (Å²) in [6, 6.07) is 16.4. The fourth-order valence-corrected chi connectivity index (χ4v) is 3.49. The van der Waals surface area contributed by atoms with E-state index in [4.69, 9.17) is 14.7 Å². The maximum Gasteiger partial charge on any atom is 0.162 e. The lowest BCUT2D eigenvalue weighted by atomic mass is 10.1. The van der Waals surface area contributed by atoms with Crippen LogP contribution in [0.2, 0.25) is 0 Å². The van der Waals surface area contributed by atoms with Gasteiger partial charge in [-0.2, -0.15) is 0 Å². The van der Waals surface area contributed by atoms with Gasteiger partial charge in [-0.3, -0.25) is 0 Å². The van der Waals surface area contributed by atoms with Gasteiger partial charge in [0.05, 0.1) is 11.6 Å². The lowest BCUT2D eigenvalue weighted by molar-refractivity contribution is 0.242. The molecule has 1 aromatic heterocycles. The highest BCUT2D eigenvalue weighted by Crippen LogP contribution is 2.30. The molecule has 0 saturated carbocycles. The third-order valence-corrected chi connectivity index (χ3v) is 4.72. The Morgan fingerprint density at radius 1 is 0.885 bits per heavy atom. The SMILES string of the molecule is CC(C)Oc1ccc(-c2nc(N3CCCCC3)c3ccccc3n2)cc1. The lowest BCUT2D eigenvalue weighted by Crippen LogP contribution is -2.30. The molecule has 0 N–H and O–H groups in total. The Balaban J connectivity index is 1.75. The largest absolute Gasteiger partial charge is 0.491 e. The number of piperidine rings is 1. The Kier molecular flexibility index (Phi) is 4.74. The van der Waals surface area contributed by atoms with Crippen molar-refractivity contribution in [1.82, 2.24) is 9.97 Å². The van der Waals surface area contributed by atoms with Crippen LogP contribution in [0.15, 0.2) is 48.5 Å². The Labute approximate surface area is 154 Å². The first-order valence-electron chi connectivity index (χ1n) is 9.49. The van der Waals surface area contributed by atoms with Gasteiger partial charge >= 0.3 is 0 Å². The number of anilines is 1. The van der Waals surface area contributed by atoms with Crippen molar-refractivity contribution in [1.29, 1.82) is 0 Å². The zero-order valence-electron chi connectivity index (χ0n) is 15.5. The summed E-state index contributed by atoms with van der Waals surface area (Å²) in [6.45, 7) is 6.21. The van der Waals surface area contributed by atoms with Crippen molar-refractivity contribution in [2.45, 2.75) is 39.2 Å². The quantitative estimate of drug-likeness (QED) is 0.660. The topological polar surface area (TPSA) is 38.2 Å². The van der Waals surface area contributed by atoms with E-state index in [2.05, 4.69) is 23.1 Å². The first kappa shape index (κ1) is 16.8. The van der Waals surface area contributed by atoms with Crippen LogP contribution in [0.1, 0.15) is 33.1 Å². The van der Waals surface area contributed by atoms with Gasteiger partial charge < -0.3 is 9.64 Å². The molecule has 0 unspecified atom stereocenters. The van der Waals surface area contributed by atoms with Crippen molar-refractivity contribution in [3.8, 4) is 17.1 Å². The summed E-state index contributed by atoms with van der Waals surface area (Å²) in [5.74, 6) is 2.72. The molecule has 1 aliphatic rings. The first-order valence-corrected chi connectivity index (χ1v) is 9.49. The van der Waals surface area contributed by atoms with Crippen LogP contribution in [0.3, 0.4) is 0 Å². The van der Waals surface area contributed by atoms with Crippen molar-refractivity contribution in [3.05, 3.63) is 48.5 Å². The molecule has 1 saturated heterocycles. The summed E-state index contributed by atoms with van der Waals surface area (Å²) >= 11 is 0. The molecule has 2 aromatic carbocycles. The number of hydrogen-bond donors (Lipinski definition) is 0. The molecule has 2 heterocycles. The number of fused-ring (bicyclic) bond motifs is 1. The Morgan fingerprint density at radius 3 is 2.35 bits per heavy atom. The van der Waals surface area contributed by atoms with Crippen molar-refractivity contribution >= 4 is 16.7 Å². The molecule has 4 nitrogen and oxygen atoms in total. The molecular weight excluding hydrogens is 322 g/mol. The predicted molar refractivity (Wildman–Crippen MR) is 107 cm³/mol. The Morgan fingerprint density at radius 2 is 1.62 bits per heavy atom. The van der Waals surface area contributed by atoms with E-state index in [9.17, 15) is 0 Å². The van der Waals surface area contributed by atoms with Gasteiger partial charge in [0.1, 0.15) is 11.6 Å². The number of para-hydroxylation sites is 1. The maximum absolute atomic E-state index is 5.75. The van der Waals surface area contributed by atoms with E-state index in [1.807, 2.05) is 44.2 Å². The predicted octanol–water partition coefficient (Wildman–Crippen LogP) is 5.07. The summed E-state index contributed by atoms with van der Waals surface area (Å²) in [6.07, 6.45) is 3.94. The number of hydrogen-bond acceptors (Lipinski definition) is 4. The summed E-state index contributed by atoms with van der Waals surface area (Å²) in [4.78, 5) is 12.2. The average molecular weight is 347 g/mol. The van der Waals surface area contributed by atoms with E-state index in [0.29, 0.717) is 0 Å². The monoisotopic (exact) mass is 347 g/mol. The number of rotatable bonds is 4. The molecular formula is C22H25N3O. The number of ether oxygens (including phenoxy) is 1. The molecule has 1 fully saturated rings. The molecule has 0 amide bonds. The van der Waals surface area contributed by atoms with Crippen molar-refractivity contribution < 1.29 is 4.74 Å². The standard InChI is InChI=1S/C22H25N3O/c1-16(2)26-18-12-10-17(11-13-18)21-23-20-9-5-4-8-19(20)22(24-21)25-14-6-3-7-15-25/h4-5,8-13,16H,3,6-7,14-15H2,1-2H3. The van der Waals surface area contributed by atoms with E-state index >= 15 is 0 Å². The molecule has 3 aromatic rings. The average Bonchev–Trinajstić information content (AvgIpc) is 2.68. The Bertz CT molecular complexity index is 884. The van der Waals surface area contributed by atoms with Crippen LogP contribution in [-0.4, -0.2) is 29.2 Å². The fraction of sp³-hybridized carbons (Fsp3) is 0.364. The van der Waals surface area contributed by atoms with Gasteiger partial charge in [-0.25, -0.2) is 9.97 Å². The summed E-state index contributed by atoms with van der Waals surface area (Å²) in [5.41, 5.74) is 2.02. The fourth-order valence-electron chi connectivity index (χ4n) is 3.49. The molecule has 134 valence electrons. The molecule has 0 bridgehead atoms. The zero-order valence-corrected chi connectivity index (χ0v) is 15.5. The van der Waals surface area contributed by atoms with E-state index < -0.39 is 0 Å². The zero-order chi connectivity index (χ0) is 17.9. The molecule has 4 rings (SSSR count). The van der Waals surface area contributed by atoms with Crippen LogP contribution in [-0.2, 0) is 0 Å². The minimum absolute atomic E-state index is 0.170. The minimum Gasteiger partial charge on any atom is -0.491 e. The van der Waals surface area contributed by atoms with Gasteiger partial charge in [-0.1, -0.05) is 12.1 Å². The number of aromatic nitrogens is 2. The van der Waals surface area contributed by atoms with Crippen molar-refractivity contribution in [2.24, 2.45) is 0 Å². The van der Waals surface area contributed by atoms with E-state index in [0.717, 1.165) is 46.9 Å². The minimum atomic E-state index is 0.170. The summed E-state index contributed by atoms with van der Waals surface area (Å²) in [5, 5.41) is 1.14. The highest BCUT2D eigenvalue weighted by Gasteiger charge is 2.17. The van der Waals surface area contributed by atoms with Crippen LogP contribution < -0.4 is 9.64 Å². The molecule has 0 aliphatic carbocycles. The molecule has 0 spiro atoms. The van der Waals surface area contributed by atoms with Gasteiger partial charge in [0.25, 0.3) is 0 Å². The van der Waals surface area contributed by atoms with Gasteiger partial charge in [-0.05, 0) is 69.5 Å². The molecule has 0 atom stereocenters. The highest BCUT2D eigenvalue weighted by atomic mass is 16.5. The third kappa shape index (κ3) is 3.50. The van der Waals surface area contributed by atoms with E-state index in [1.54, 1.807) is 0 Å². The van der Waals surface area contributed by atoms with Crippen molar-refractivity contribution in [3.63, 3.8) is 0 Å². The van der Waals surface area contributed by atoms with Gasteiger partial charge in [-0.15, -0.1) is 0 Å². The first-order chi connectivity index (χ1) is 12.7. The molecule has 4 heteroatoms. The van der Waals surface area contributed by atoms with Crippen LogP contribution in [0.4, 0.5) is 5.82 Å². The van der Waals surface area contributed by atoms with Gasteiger partial charge in [0.2, 0.25) is 0 Å². The normalized spacial score (nSPS) is 14.8. The van der Waals surface area contributed by atoms with Crippen LogP contribution in [0.25, 0.3) is 22.3 Å². The second-order valence-corrected chi connectivity index (χ2v) is 7.13. The highest BCUT2D eigenvalue weighted by molar-refractivity contribution is 5.91. The van der Waals surface area contributed by atoms with Crippen LogP contribution in [0.5, 0.6) is 5.75 Å². The second kappa shape index (κ2) is 7.32. The smallest absolute Gasteiger partial charge is 0.162 e. The molecule has 26 heavy (non-hydrogen) atoms. The second-order valence-electron chi connectivity index (χ2n) is 7.13. The van der Waals surface area contributed by atoms with E-state index in [-0.39, 0.29) is 6.10 Å². The molecule has 0 radical (unpaired) electrons. The van der Waals surface area contributed by atoms with Crippen LogP contribution >= 0.6 is 0 Å². The maximum atomic E-state index is 5.75. The molecule has 1 aliphatic heterocycles. The number of nitrogens with zero attached hydrogens (tertiary/aromatic N) is 3.